The summed E-state index contributed by atoms with van der Waals surface area (Å²) in [6, 6.07) is 0. The molecule has 0 N–H and O–H groups in total. The molecule has 3 aliphatic heterocycles. The van der Waals surface area contributed by atoms with Crippen molar-refractivity contribution in [3.05, 3.63) is 23.1 Å². The molecule has 0 aromatic heterocycles. The van der Waals surface area contributed by atoms with Crippen LogP contribution in [0.1, 0.15) is 6.42 Å². The van der Waals surface area contributed by atoms with E-state index in [9.17, 15) is 0 Å². The molecule has 3 heterocycles. The molecule has 0 unspecified atom stereocenters. The van der Waals surface area contributed by atoms with E-state index < -0.39 is 0 Å². The van der Waals surface area contributed by atoms with Gasteiger partial charge in [0.1, 0.15) is 24.0 Å². The molecule has 5 nitrogen and oxygen atoms in total. The van der Waals surface area contributed by atoms with Crippen LogP contribution in [0, 0.1) is 0 Å². The average molecular weight is 250 g/mol. The van der Waals surface area contributed by atoms with E-state index in [4.69, 9.17) is 4.74 Å². The van der Waals surface area contributed by atoms with Crippen LogP contribution in [-0.4, -0.2) is 74.0 Å². The molecule has 0 radical (unpaired) electrons. The van der Waals surface area contributed by atoms with Crippen molar-refractivity contribution in [2.45, 2.75) is 6.42 Å². The minimum absolute atomic E-state index is 0.797. The van der Waals surface area contributed by atoms with Gasteiger partial charge in [0.25, 0.3) is 0 Å². The Morgan fingerprint density at radius 2 is 1.50 bits per heavy atom. The molecule has 18 heavy (non-hydrogen) atoms. The highest BCUT2D eigenvalue weighted by molar-refractivity contribution is 5.30. The van der Waals surface area contributed by atoms with Crippen LogP contribution >= 0.6 is 0 Å². The largest absolute Gasteiger partial charge is 0.492 e. The van der Waals surface area contributed by atoms with Gasteiger partial charge < -0.3 is 24.3 Å². The maximum Gasteiger partial charge on any atom is 0.149 e. The van der Waals surface area contributed by atoms with Gasteiger partial charge in [0.2, 0.25) is 0 Å². The molecule has 0 fully saturated rings. The predicted octanol–water partition coefficient (Wildman–Crippen LogP) is 0.499. The SMILES string of the molecule is CN1CCN(C)C2=C1CC1=C(N(C)CCO1)N2C. The third kappa shape index (κ3) is 1.53. The van der Waals surface area contributed by atoms with Gasteiger partial charge in [-0.15, -0.1) is 0 Å². The van der Waals surface area contributed by atoms with Crippen LogP contribution < -0.4 is 0 Å². The molecule has 5 heteroatoms. The average Bonchev–Trinajstić information content (AvgIpc) is 2.34. The molecule has 3 rings (SSSR count). The molecule has 0 saturated heterocycles. The first-order chi connectivity index (χ1) is 8.59. The van der Waals surface area contributed by atoms with E-state index in [2.05, 4.69) is 47.8 Å². The van der Waals surface area contributed by atoms with E-state index >= 15 is 0 Å². The highest BCUT2D eigenvalue weighted by Gasteiger charge is 2.35. The predicted molar refractivity (Wildman–Crippen MR) is 70.3 cm³/mol. The van der Waals surface area contributed by atoms with E-state index in [1.165, 1.54) is 17.3 Å². The summed E-state index contributed by atoms with van der Waals surface area (Å²) in [6.07, 6.45) is 0.917. The topological polar surface area (TPSA) is 22.2 Å². The smallest absolute Gasteiger partial charge is 0.149 e. The second-order valence-corrected chi connectivity index (χ2v) is 5.37. The van der Waals surface area contributed by atoms with Gasteiger partial charge in [-0.25, -0.2) is 0 Å². The highest BCUT2D eigenvalue weighted by atomic mass is 16.5. The fourth-order valence-corrected chi connectivity index (χ4v) is 3.11. The van der Waals surface area contributed by atoms with Gasteiger partial charge in [0.15, 0.2) is 0 Å². The van der Waals surface area contributed by atoms with Crippen molar-refractivity contribution in [3.63, 3.8) is 0 Å². The Labute approximate surface area is 109 Å². The Morgan fingerprint density at radius 1 is 0.833 bits per heavy atom. The zero-order valence-electron chi connectivity index (χ0n) is 11.7. The Morgan fingerprint density at radius 3 is 2.28 bits per heavy atom. The van der Waals surface area contributed by atoms with Crippen LogP contribution in [0.2, 0.25) is 0 Å². The standard InChI is InChI=1S/C13H22N4O/c1-14-5-6-15(2)12-10(14)9-11-13(17(12)4)16(3)7-8-18-11/h5-9H2,1-4H3. The van der Waals surface area contributed by atoms with Crippen molar-refractivity contribution in [2.75, 3.05) is 54.4 Å². The van der Waals surface area contributed by atoms with E-state index in [-0.39, 0.29) is 0 Å². The first kappa shape index (κ1) is 11.6. The number of ether oxygens (including phenoxy) is 1. The maximum absolute atomic E-state index is 5.87. The van der Waals surface area contributed by atoms with E-state index in [1.54, 1.807) is 0 Å². The Hall–Kier alpha value is -1.52. The third-order valence-electron chi connectivity index (χ3n) is 4.13. The summed E-state index contributed by atoms with van der Waals surface area (Å²) in [7, 11) is 8.64. The zero-order valence-corrected chi connectivity index (χ0v) is 11.7. The van der Waals surface area contributed by atoms with Crippen molar-refractivity contribution in [1.29, 1.82) is 0 Å². The highest BCUT2D eigenvalue weighted by Crippen LogP contribution is 2.36. The van der Waals surface area contributed by atoms with Gasteiger partial charge in [-0.2, -0.15) is 0 Å². The lowest BCUT2D eigenvalue weighted by Gasteiger charge is -2.47. The van der Waals surface area contributed by atoms with Gasteiger partial charge in [-0.3, -0.25) is 0 Å². The van der Waals surface area contributed by atoms with Crippen LogP contribution in [-0.2, 0) is 4.74 Å². The summed E-state index contributed by atoms with van der Waals surface area (Å²) < 4.78 is 5.87. The van der Waals surface area contributed by atoms with Gasteiger partial charge in [0, 0.05) is 41.3 Å². The van der Waals surface area contributed by atoms with Crippen molar-refractivity contribution in [3.8, 4) is 0 Å². The Bertz CT molecular complexity index is 429. The molecule has 0 aromatic carbocycles. The number of nitrogens with zero attached hydrogens (tertiary/aromatic N) is 4. The summed E-state index contributed by atoms with van der Waals surface area (Å²) in [5.41, 5.74) is 1.38. The van der Waals surface area contributed by atoms with Gasteiger partial charge in [-0.1, -0.05) is 0 Å². The second-order valence-electron chi connectivity index (χ2n) is 5.37. The lowest BCUT2D eigenvalue weighted by molar-refractivity contribution is 0.0785. The lowest BCUT2D eigenvalue weighted by atomic mass is 10.1. The summed E-state index contributed by atoms with van der Waals surface area (Å²) >= 11 is 0. The first-order valence-corrected chi connectivity index (χ1v) is 6.56. The van der Waals surface area contributed by atoms with Crippen molar-refractivity contribution in [2.24, 2.45) is 0 Å². The number of likely N-dealkylation sites (N-methyl/N-ethyl adjacent to an activating group) is 3. The first-order valence-electron chi connectivity index (χ1n) is 6.56. The van der Waals surface area contributed by atoms with Crippen LogP contribution in [0.25, 0.3) is 0 Å². The summed E-state index contributed by atoms with van der Waals surface area (Å²) in [6.45, 7) is 3.92. The number of hydrogen-bond donors (Lipinski definition) is 0. The quantitative estimate of drug-likeness (QED) is 0.622. The third-order valence-corrected chi connectivity index (χ3v) is 4.13. The molecule has 0 aliphatic carbocycles. The molecule has 0 atom stereocenters. The molecule has 100 valence electrons. The molecule has 0 spiro atoms. The molecule has 0 amide bonds. The normalized spacial score (nSPS) is 24.2. The molecule has 0 bridgehead atoms. The molecule has 3 aliphatic rings. The molecular formula is C13H22N4O. The Balaban J connectivity index is 2.01. The fraction of sp³-hybridized carbons (Fsp3) is 0.692. The van der Waals surface area contributed by atoms with E-state index in [1.807, 2.05) is 0 Å². The monoisotopic (exact) mass is 250 g/mol. The molecular weight excluding hydrogens is 228 g/mol. The van der Waals surface area contributed by atoms with Crippen LogP contribution in [0.4, 0.5) is 0 Å². The lowest BCUT2D eigenvalue weighted by Crippen LogP contribution is -2.49. The van der Waals surface area contributed by atoms with E-state index in [0.29, 0.717) is 0 Å². The van der Waals surface area contributed by atoms with Crippen LogP contribution in [0.5, 0.6) is 0 Å². The van der Waals surface area contributed by atoms with Crippen molar-refractivity contribution in [1.82, 2.24) is 19.6 Å². The van der Waals surface area contributed by atoms with Gasteiger partial charge in [0.05, 0.1) is 18.7 Å². The fourth-order valence-electron chi connectivity index (χ4n) is 3.11. The number of hydrogen-bond acceptors (Lipinski definition) is 5. The Kier molecular flexibility index (Phi) is 2.57. The minimum Gasteiger partial charge on any atom is -0.492 e. The van der Waals surface area contributed by atoms with Gasteiger partial charge >= 0.3 is 0 Å². The molecule has 0 aromatic rings. The summed E-state index contributed by atoms with van der Waals surface area (Å²) in [4.78, 5) is 9.28. The number of rotatable bonds is 0. The van der Waals surface area contributed by atoms with Crippen LogP contribution in [0.3, 0.4) is 0 Å². The zero-order chi connectivity index (χ0) is 12.9. The minimum atomic E-state index is 0.797. The van der Waals surface area contributed by atoms with Crippen molar-refractivity contribution < 1.29 is 4.74 Å². The molecule has 0 saturated carbocycles. The summed E-state index contributed by atoms with van der Waals surface area (Å²) in [5.74, 6) is 3.66. The maximum atomic E-state index is 5.87. The van der Waals surface area contributed by atoms with Crippen LogP contribution in [0.15, 0.2) is 23.1 Å². The summed E-state index contributed by atoms with van der Waals surface area (Å²) in [5, 5.41) is 0. The van der Waals surface area contributed by atoms with E-state index in [0.717, 1.165) is 38.4 Å². The second kappa shape index (κ2) is 4.00. The van der Waals surface area contributed by atoms with Crippen molar-refractivity contribution >= 4 is 0 Å². The van der Waals surface area contributed by atoms with Gasteiger partial charge in [-0.05, 0) is 0 Å².